The highest BCUT2D eigenvalue weighted by Crippen LogP contribution is 2.25. The monoisotopic (exact) mass is 397 g/mol. The van der Waals surface area contributed by atoms with E-state index in [1.807, 2.05) is 6.20 Å². The van der Waals surface area contributed by atoms with Crippen molar-refractivity contribution in [2.24, 2.45) is 5.92 Å². The van der Waals surface area contributed by atoms with Crippen molar-refractivity contribution in [3.8, 4) is 0 Å². The molecular formula is C22H31N5O2. The van der Waals surface area contributed by atoms with E-state index in [0.29, 0.717) is 18.7 Å². The second-order valence-corrected chi connectivity index (χ2v) is 8.03. The smallest absolute Gasteiger partial charge is 0.224 e. The topological polar surface area (TPSA) is 80.2 Å². The van der Waals surface area contributed by atoms with Gasteiger partial charge in [-0.25, -0.2) is 15.0 Å². The molecule has 0 radical (unpaired) electrons. The van der Waals surface area contributed by atoms with Crippen LogP contribution in [0.1, 0.15) is 50.9 Å². The van der Waals surface area contributed by atoms with Crippen LogP contribution in [0, 0.1) is 5.92 Å². The maximum atomic E-state index is 12.7. The number of carbonyl (C=O) groups excluding carboxylic acids is 1. The van der Waals surface area contributed by atoms with Crippen LogP contribution in [0.3, 0.4) is 0 Å². The van der Waals surface area contributed by atoms with Gasteiger partial charge in [0.1, 0.15) is 5.52 Å². The van der Waals surface area contributed by atoms with Gasteiger partial charge in [0, 0.05) is 26.2 Å². The zero-order chi connectivity index (χ0) is 20.2. The standard InChI is InChI=1S/C22H31N5O2/c1-3-18-19(4-2)26-21-20(25-18)11-16(12-23-21)27-9-5-7-15(14-27)22(28)24-13-17-8-6-10-29-17/h11-12,15,17H,3-10,13-14H2,1-2H3,(H,24,28)/t15-,17-/m1/s1. The van der Waals surface area contributed by atoms with E-state index in [2.05, 4.69) is 40.1 Å². The first kappa shape index (κ1) is 20.0. The molecule has 0 aliphatic carbocycles. The lowest BCUT2D eigenvalue weighted by atomic mass is 9.96. The summed E-state index contributed by atoms with van der Waals surface area (Å²) in [7, 11) is 0. The number of nitrogens with zero attached hydrogens (tertiary/aromatic N) is 4. The number of carbonyl (C=O) groups is 1. The van der Waals surface area contributed by atoms with Crippen LogP contribution in [0.5, 0.6) is 0 Å². The molecule has 4 rings (SSSR count). The lowest BCUT2D eigenvalue weighted by Gasteiger charge is -2.33. The van der Waals surface area contributed by atoms with Crippen LogP contribution in [-0.4, -0.2) is 53.2 Å². The molecule has 7 nitrogen and oxygen atoms in total. The summed E-state index contributed by atoms with van der Waals surface area (Å²) in [4.78, 5) is 29.0. The van der Waals surface area contributed by atoms with Crippen molar-refractivity contribution >= 4 is 22.8 Å². The quantitative estimate of drug-likeness (QED) is 0.807. The van der Waals surface area contributed by atoms with Crippen LogP contribution in [0.4, 0.5) is 5.69 Å². The number of anilines is 1. The fourth-order valence-electron chi connectivity index (χ4n) is 4.33. The van der Waals surface area contributed by atoms with Crippen LogP contribution in [0.15, 0.2) is 12.3 Å². The van der Waals surface area contributed by atoms with E-state index in [4.69, 9.17) is 9.72 Å². The number of nitrogens with one attached hydrogen (secondary N) is 1. The van der Waals surface area contributed by atoms with Gasteiger partial charge in [-0.05, 0) is 44.6 Å². The first-order chi connectivity index (χ1) is 14.2. The van der Waals surface area contributed by atoms with Gasteiger partial charge in [-0.1, -0.05) is 13.8 Å². The van der Waals surface area contributed by atoms with Crippen molar-refractivity contribution < 1.29 is 9.53 Å². The number of rotatable bonds is 6. The van der Waals surface area contributed by atoms with Crippen LogP contribution < -0.4 is 10.2 Å². The van der Waals surface area contributed by atoms with Crippen LogP contribution >= 0.6 is 0 Å². The van der Waals surface area contributed by atoms with Crippen LogP contribution in [0.25, 0.3) is 11.2 Å². The largest absolute Gasteiger partial charge is 0.376 e. The third-order valence-corrected chi connectivity index (χ3v) is 6.02. The molecule has 1 amide bonds. The molecule has 156 valence electrons. The maximum absolute atomic E-state index is 12.7. The second kappa shape index (κ2) is 9.03. The van der Waals surface area contributed by atoms with E-state index in [1.165, 1.54) is 0 Å². The molecule has 2 aliphatic rings. The average molecular weight is 398 g/mol. The highest BCUT2D eigenvalue weighted by molar-refractivity contribution is 5.80. The van der Waals surface area contributed by atoms with Crippen molar-refractivity contribution in [1.29, 1.82) is 0 Å². The van der Waals surface area contributed by atoms with Gasteiger partial charge in [-0.3, -0.25) is 4.79 Å². The molecule has 2 aliphatic heterocycles. The van der Waals surface area contributed by atoms with E-state index in [0.717, 1.165) is 74.3 Å². The van der Waals surface area contributed by atoms with Gasteiger partial charge in [0.2, 0.25) is 5.91 Å². The predicted molar refractivity (Wildman–Crippen MR) is 113 cm³/mol. The number of pyridine rings is 1. The summed E-state index contributed by atoms with van der Waals surface area (Å²) in [5.74, 6) is 0.139. The van der Waals surface area contributed by atoms with Gasteiger partial charge in [0.25, 0.3) is 0 Å². The summed E-state index contributed by atoms with van der Waals surface area (Å²) in [5, 5.41) is 3.10. The Balaban J connectivity index is 1.45. The Bertz CT molecular complexity index is 866. The molecule has 4 heterocycles. The van der Waals surface area contributed by atoms with Crippen LogP contribution in [-0.2, 0) is 22.4 Å². The van der Waals surface area contributed by atoms with Crippen molar-refractivity contribution in [2.75, 3.05) is 31.1 Å². The summed E-state index contributed by atoms with van der Waals surface area (Å²) in [5.41, 5.74) is 4.63. The Hall–Kier alpha value is -2.28. The molecule has 0 aromatic carbocycles. The Labute approximate surface area is 172 Å². The molecular weight excluding hydrogens is 366 g/mol. The number of aryl methyl sites for hydroxylation is 2. The maximum Gasteiger partial charge on any atom is 0.224 e. The summed E-state index contributed by atoms with van der Waals surface area (Å²) in [6, 6.07) is 2.07. The van der Waals surface area contributed by atoms with E-state index >= 15 is 0 Å². The van der Waals surface area contributed by atoms with Gasteiger partial charge in [-0.2, -0.15) is 0 Å². The third kappa shape index (κ3) is 4.50. The van der Waals surface area contributed by atoms with E-state index in [9.17, 15) is 4.79 Å². The minimum atomic E-state index is 0.000560. The highest BCUT2D eigenvalue weighted by Gasteiger charge is 2.27. The summed E-state index contributed by atoms with van der Waals surface area (Å²) < 4.78 is 5.61. The number of hydrogen-bond donors (Lipinski definition) is 1. The molecule has 1 N–H and O–H groups in total. The first-order valence-electron chi connectivity index (χ1n) is 11.0. The number of amides is 1. The summed E-state index contributed by atoms with van der Waals surface area (Å²) in [6.45, 7) is 7.30. The first-order valence-corrected chi connectivity index (χ1v) is 11.0. The molecule has 0 saturated carbocycles. The van der Waals surface area contributed by atoms with Crippen molar-refractivity contribution in [3.63, 3.8) is 0 Å². The minimum Gasteiger partial charge on any atom is -0.376 e. The molecule has 0 unspecified atom stereocenters. The van der Waals surface area contributed by atoms with Crippen LogP contribution in [0.2, 0.25) is 0 Å². The second-order valence-electron chi connectivity index (χ2n) is 8.03. The lowest BCUT2D eigenvalue weighted by molar-refractivity contribution is -0.125. The van der Waals surface area contributed by atoms with Gasteiger partial charge in [-0.15, -0.1) is 0 Å². The molecule has 2 fully saturated rings. The van der Waals surface area contributed by atoms with Crippen molar-refractivity contribution in [2.45, 2.75) is 58.5 Å². The number of fused-ring (bicyclic) bond motifs is 1. The third-order valence-electron chi connectivity index (χ3n) is 6.02. The minimum absolute atomic E-state index is 0.000560. The van der Waals surface area contributed by atoms with Gasteiger partial charge in [0.05, 0.1) is 35.3 Å². The Morgan fingerprint density at radius 1 is 1.21 bits per heavy atom. The highest BCUT2D eigenvalue weighted by atomic mass is 16.5. The molecule has 0 spiro atoms. The number of aromatic nitrogens is 3. The number of piperidine rings is 1. The summed E-state index contributed by atoms with van der Waals surface area (Å²) >= 11 is 0. The molecule has 29 heavy (non-hydrogen) atoms. The zero-order valence-electron chi connectivity index (χ0n) is 17.5. The van der Waals surface area contributed by atoms with Gasteiger partial charge < -0.3 is 15.0 Å². The summed E-state index contributed by atoms with van der Waals surface area (Å²) in [6.07, 6.45) is 7.84. The fourth-order valence-corrected chi connectivity index (χ4v) is 4.33. The zero-order valence-corrected chi connectivity index (χ0v) is 17.5. The van der Waals surface area contributed by atoms with Crippen molar-refractivity contribution in [1.82, 2.24) is 20.3 Å². The Morgan fingerprint density at radius 2 is 2.03 bits per heavy atom. The molecule has 2 atom stereocenters. The van der Waals surface area contributed by atoms with E-state index in [1.54, 1.807) is 0 Å². The Kier molecular flexibility index (Phi) is 6.23. The van der Waals surface area contributed by atoms with E-state index < -0.39 is 0 Å². The van der Waals surface area contributed by atoms with E-state index in [-0.39, 0.29) is 17.9 Å². The van der Waals surface area contributed by atoms with Gasteiger partial charge in [0.15, 0.2) is 5.65 Å². The molecule has 2 aromatic heterocycles. The molecule has 2 aromatic rings. The predicted octanol–water partition coefficient (Wildman–Crippen LogP) is 2.66. The molecule has 0 bridgehead atoms. The normalized spacial score (nSPS) is 22.2. The Morgan fingerprint density at radius 3 is 2.79 bits per heavy atom. The number of ether oxygens (including phenoxy) is 1. The molecule has 2 saturated heterocycles. The number of hydrogen-bond acceptors (Lipinski definition) is 6. The average Bonchev–Trinajstić information content (AvgIpc) is 3.29. The fraction of sp³-hybridized carbons (Fsp3) is 0.636. The molecule has 7 heteroatoms. The van der Waals surface area contributed by atoms with Crippen molar-refractivity contribution in [3.05, 3.63) is 23.7 Å². The SMILES string of the molecule is CCc1nc2cc(N3CCC[C@@H](C(=O)NC[C@H]4CCCO4)C3)cnc2nc1CC. The van der Waals surface area contributed by atoms with Gasteiger partial charge >= 0.3 is 0 Å². The lowest BCUT2D eigenvalue weighted by Crippen LogP contribution is -2.44.